The van der Waals surface area contributed by atoms with Gasteiger partial charge in [0, 0.05) is 50.0 Å². The molecule has 0 bridgehead atoms. The third kappa shape index (κ3) is 2.92. The van der Waals surface area contributed by atoms with Crippen LogP contribution in [0.25, 0.3) is 6.08 Å². The quantitative estimate of drug-likeness (QED) is 0.842. The zero-order chi connectivity index (χ0) is 15.6. The van der Waals surface area contributed by atoms with Gasteiger partial charge in [-0.05, 0) is 37.0 Å². The van der Waals surface area contributed by atoms with Crippen LogP contribution in [0.4, 0.5) is 0 Å². The Kier molecular flexibility index (Phi) is 4.17. The maximum atomic E-state index is 9.85. The number of hydrogen-bond donors (Lipinski definition) is 2. The SMILES string of the molecule is O/C=C(/C1C=Cc2[nH]ccc2C1)N1CCN(C2CCCC2)CC1. The molecule has 4 nitrogen and oxygen atoms in total. The lowest BCUT2D eigenvalue weighted by atomic mass is 9.90. The molecule has 1 saturated carbocycles. The Hall–Kier alpha value is -1.68. The molecule has 1 aromatic heterocycles. The zero-order valence-electron chi connectivity index (χ0n) is 13.7. The van der Waals surface area contributed by atoms with Crippen molar-refractivity contribution < 1.29 is 5.11 Å². The molecule has 1 aliphatic heterocycles. The maximum Gasteiger partial charge on any atom is 0.0989 e. The van der Waals surface area contributed by atoms with E-state index >= 15 is 0 Å². The van der Waals surface area contributed by atoms with E-state index in [0.717, 1.165) is 44.3 Å². The molecule has 4 heteroatoms. The van der Waals surface area contributed by atoms with E-state index in [0.29, 0.717) is 5.92 Å². The highest BCUT2D eigenvalue weighted by atomic mass is 16.2. The summed E-state index contributed by atoms with van der Waals surface area (Å²) in [6, 6.07) is 2.97. The average Bonchev–Trinajstić information content (AvgIpc) is 3.27. The van der Waals surface area contributed by atoms with Gasteiger partial charge in [0.25, 0.3) is 0 Å². The van der Waals surface area contributed by atoms with Crippen LogP contribution in [-0.2, 0) is 6.42 Å². The van der Waals surface area contributed by atoms with Crippen molar-refractivity contribution in [1.29, 1.82) is 0 Å². The summed E-state index contributed by atoms with van der Waals surface area (Å²) in [7, 11) is 0. The fourth-order valence-electron chi connectivity index (χ4n) is 4.49. The molecule has 1 atom stereocenters. The van der Waals surface area contributed by atoms with Crippen LogP contribution in [0.3, 0.4) is 0 Å². The molecule has 0 spiro atoms. The van der Waals surface area contributed by atoms with E-state index in [1.165, 1.54) is 43.2 Å². The molecule has 2 aliphatic carbocycles. The van der Waals surface area contributed by atoms with Crippen LogP contribution in [0.1, 0.15) is 36.9 Å². The number of H-pyrrole nitrogens is 1. The molecular formula is C19H27N3O. The number of allylic oxidation sites excluding steroid dienone is 1. The Morgan fingerprint density at radius 3 is 2.70 bits per heavy atom. The Balaban J connectivity index is 1.39. The third-order valence-corrected chi connectivity index (χ3v) is 5.84. The van der Waals surface area contributed by atoms with Crippen LogP contribution < -0.4 is 0 Å². The highest BCUT2D eigenvalue weighted by Crippen LogP contribution is 2.30. The van der Waals surface area contributed by atoms with Crippen molar-refractivity contribution in [3.05, 3.63) is 41.6 Å². The molecule has 124 valence electrons. The maximum absolute atomic E-state index is 9.85. The Morgan fingerprint density at radius 2 is 1.96 bits per heavy atom. The minimum absolute atomic E-state index is 0.293. The largest absolute Gasteiger partial charge is 0.514 e. The van der Waals surface area contributed by atoms with E-state index < -0.39 is 0 Å². The van der Waals surface area contributed by atoms with Crippen LogP contribution >= 0.6 is 0 Å². The van der Waals surface area contributed by atoms with Crippen LogP contribution in [-0.4, -0.2) is 52.1 Å². The van der Waals surface area contributed by atoms with Gasteiger partial charge in [0.05, 0.1) is 12.0 Å². The van der Waals surface area contributed by atoms with E-state index in [1.54, 1.807) is 0 Å². The van der Waals surface area contributed by atoms with Crippen molar-refractivity contribution in [3.63, 3.8) is 0 Å². The fourth-order valence-corrected chi connectivity index (χ4v) is 4.49. The second-order valence-electron chi connectivity index (χ2n) is 7.10. The van der Waals surface area contributed by atoms with Gasteiger partial charge in [0.1, 0.15) is 0 Å². The standard InChI is InChI=1S/C19H27N3O/c23-14-19(16-5-6-18-15(13-16)7-8-20-18)22-11-9-21(10-12-22)17-3-1-2-4-17/h5-8,14,16-17,20,23H,1-4,9-13H2/b19-14-. The summed E-state index contributed by atoms with van der Waals surface area (Å²) in [4.78, 5) is 8.32. The fraction of sp³-hybridized carbons (Fsp3) is 0.579. The number of piperazine rings is 1. The minimum Gasteiger partial charge on any atom is -0.514 e. The predicted octanol–water partition coefficient (Wildman–Crippen LogP) is 3.16. The molecule has 3 aliphatic rings. The van der Waals surface area contributed by atoms with Crippen molar-refractivity contribution in [2.24, 2.45) is 5.92 Å². The lowest BCUT2D eigenvalue weighted by molar-refractivity contribution is 0.110. The van der Waals surface area contributed by atoms with Gasteiger partial charge in [0.2, 0.25) is 0 Å². The van der Waals surface area contributed by atoms with E-state index in [2.05, 4.69) is 33.0 Å². The molecule has 1 saturated heterocycles. The molecular weight excluding hydrogens is 286 g/mol. The second-order valence-corrected chi connectivity index (χ2v) is 7.10. The zero-order valence-corrected chi connectivity index (χ0v) is 13.7. The molecule has 1 unspecified atom stereocenters. The number of nitrogens with one attached hydrogen (secondary N) is 1. The Labute approximate surface area is 138 Å². The predicted molar refractivity (Wildman–Crippen MR) is 93.1 cm³/mol. The number of aliphatic hydroxyl groups is 1. The van der Waals surface area contributed by atoms with Crippen LogP contribution in [0.15, 0.2) is 30.3 Å². The van der Waals surface area contributed by atoms with Crippen LogP contribution in [0.5, 0.6) is 0 Å². The molecule has 0 aromatic carbocycles. The highest BCUT2D eigenvalue weighted by Gasteiger charge is 2.29. The summed E-state index contributed by atoms with van der Waals surface area (Å²) in [5, 5.41) is 9.85. The monoisotopic (exact) mass is 313 g/mol. The van der Waals surface area contributed by atoms with E-state index in [-0.39, 0.29) is 0 Å². The Bertz CT molecular complexity index is 590. The minimum atomic E-state index is 0.293. The molecule has 2 fully saturated rings. The van der Waals surface area contributed by atoms with Crippen molar-refractivity contribution in [2.45, 2.75) is 38.1 Å². The first-order valence-corrected chi connectivity index (χ1v) is 9.03. The lowest BCUT2D eigenvalue weighted by Crippen LogP contribution is -2.50. The molecule has 4 rings (SSSR count). The van der Waals surface area contributed by atoms with Gasteiger partial charge in [-0.15, -0.1) is 0 Å². The molecule has 2 heterocycles. The number of aromatic nitrogens is 1. The van der Waals surface area contributed by atoms with Crippen molar-refractivity contribution in [2.75, 3.05) is 26.2 Å². The van der Waals surface area contributed by atoms with E-state index in [9.17, 15) is 5.11 Å². The van der Waals surface area contributed by atoms with Gasteiger partial charge < -0.3 is 15.0 Å². The summed E-state index contributed by atoms with van der Waals surface area (Å²) >= 11 is 0. The molecule has 0 amide bonds. The Morgan fingerprint density at radius 1 is 1.17 bits per heavy atom. The number of fused-ring (bicyclic) bond motifs is 1. The number of aromatic amines is 1. The van der Waals surface area contributed by atoms with Crippen LogP contribution in [0, 0.1) is 5.92 Å². The lowest BCUT2D eigenvalue weighted by Gasteiger charge is -2.41. The van der Waals surface area contributed by atoms with Crippen LogP contribution in [0.2, 0.25) is 0 Å². The third-order valence-electron chi connectivity index (χ3n) is 5.84. The van der Waals surface area contributed by atoms with Gasteiger partial charge in [-0.2, -0.15) is 0 Å². The smallest absolute Gasteiger partial charge is 0.0989 e. The summed E-state index contributed by atoms with van der Waals surface area (Å²) in [6.45, 7) is 4.34. The number of nitrogens with zero attached hydrogens (tertiary/aromatic N) is 2. The number of aliphatic hydroxyl groups excluding tert-OH is 1. The first-order chi connectivity index (χ1) is 11.3. The van der Waals surface area contributed by atoms with Crippen molar-refractivity contribution in [3.8, 4) is 0 Å². The van der Waals surface area contributed by atoms with Gasteiger partial charge in [-0.25, -0.2) is 0 Å². The number of rotatable bonds is 3. The first-order valence-electron chi connectivity index (χ1n) is 9.03. The average molecular weight is 313 g/mol. The molecule has 2 N–H and O–H groups in total. The van der Waals surface area contributed by atoms with Crippen molar-refractivity contribution >= 4 is 6.08 Å². The first kappa shape index (κ1) is 14.9. The topological polar surface area (TPSA) is 42.5 Å². The molecule has 23 heavy (non-hydrogen) atoms. The summed E-state index contributed by atoms with van der Waals surface area (Å²) in [5.74, 6) is 0.293. The highest BCUT2D eigenvalue weighted by molar-refractivity contribution is 5.54. The normalized spacial score (nSPS) is 26.7. The van der Waals surface area contributed by atoms with Gasteiger partial charge in [-0.1, -0.05) is 18.9 Å². The van der Waals surface area contributed by atoms with Gasteiger partial charge >= 0.3 is 0 Å². The molecule has 0 radical (unpaired) electrons. The van der Waals surface area contributed by atoms with Gasteiger partial charge in [0.15, 0.2) is 0 Å². The molecule has 1 aromatic rings. The van der Waals surface area contributed by atoms with Crippen molar-refractivity contribution in [1.82, 2.24) is 14.8 Å². The van der Waals surface area contributed by atoms with Gasteiger partial charge in [-0.3, -0.25) is 4.90 Å². The van der Waals surface area contributed by atoms with E-state index in [4.69, 9.17) is 0 Å². The van der Waals surface area contributed by atoms with E-state index in [1.807, 2.05) is 6.20 Å². The summed E-state index contributed by atoms with van der Waals surface area (Å²) < 4.78 is 0. The summed E-state index contributed by atoms with van der Waals surface area (Å²) in [5.41, 5.74) is 3.64. The second kappa shape index (κ2) is 6.44. The summed E-state index contributed by atoms with van der Waals surface area (Å²) in [6.07, 6.45) is 14.3. The number of hydrogen-bond acceptors (Lipinski definition) is 3.